The van der Waals surface area contributed by atoms with Crippen LogP contribution in [0, 0.1) is 20.8 Å². The molecule has 31 heavy (non-hydrogen) atoms. The van der Waals surface area contributed by atoms with Crippen molar-refractivity contribution in [2.45, 2.75) is 33.7 Å². The van der Waals surface area contributed by atoms with E-state index in [0.29, 0.717) is 11.3 Å². The van der Waals surface area contributed by atoms with E-state index in [4.69, 9.17) is 21.1 Å². The van der Waals surface area contributed by atoms with Gasteiger partial charge in [0.15, 0.2) is 6.61 Å². The molecule has 2 aromatic heterocycles. The second kappa shape index (κ2) is 9.39. The van der Waals surface area contributed by atoms with Crippen LogP contribution >= 0.6 is 11.6 Å². The van der Waals surface area contributed by atoms with E-state index in [2.05, 4.69) is 9.67 Å². The van der Waals surface area contributed by atoms with Gasteiger partial charge in [-0.1, -0.05) is 23.7 Å². The zero-order valence-corrected chi connectivity index (χ0v) is 19.1. The standard InChI is InChI=1S/C23H26ClN3O4/c1-14-12-19(16(3)27(14)11-10-17-6-8-18(30-5)9-7-17)20(28)13-31-23(29)21-15(2)25-26(4)22(21)24/h6-9,12H,10-11,13H2,1-5H3. The molecule has 0 radical (unpaired) electrons. The Kier molecular flexibility index (Phi) is 6.85. The highest BCUT2D eigenvalue weighted by Crippen LogP contribution is 2.21. The van der Waals surface area contributed by atoms with Crippen molar-refractivity contribution in [3.8, 4) is 5.75 Å². The molecular formula is C23H26ClN3O4. The molecule has 0 saturated carbocycles. The van der Waals surface area contributed by atoms with E-state index in [1.54, 1.807) is 21.1 Å². The van der Waals surface area contributed by atoms with Crippen molar-refractivity contribution in [1.29, 1.82) is 0 Å². The van der Waals surface area contributed by atoms with Gasteiger partial charge in [-0.05, 0) is 51.0 Å². The third-order valence-electron chi connectivity index (χ3n) is 5.35. The highest BCUT2D eigenvalue weighted by Gasteiger charge is 2.23. The van der Waals surface area contributed by atoms with E-state index in [0.717, 1.165) is 30.1 Å². The number of aryl methyl sites for hydroxylation is 4. The van der Waals surface area contributed by atoms with Crippen LogP contribution in [0.1, 0.15) is 43.4 Å². The number of carbonyl (C=O) groups excluding carboxylic acids is 2. The van der Waals surface area contributed by atoms with E-state index in [1.165, 1.54) is 10.2 Å². The second-order valence-electron chi connectivity index (χ2n) is 7.41. The van der Waals surface area contributed by atoms with Crippen molar-refractivity contribution in [3.05, 3.63) is 69.3 Å². The Balaban J connectivity index is 1.66. The summed E-state index contributed by atoms with van der Waals surface area (Å²) in [4.78, 5) is 25.1. The highest BCUT2D eigenvalue weighted by atomic mass is 35.5. The number of hydrogen-bond acceptors (Lipinski definition) is 5. The van der Waals surface area contributed by atoms with E-state index in [9.17, 15) is 9.59 Å². The molecule has 0 aliphatic rings. The smallest absolute Gasteiger partial charge is 0.343 e. The minimum Gasteiger partial charge on any atom is -0.497 e. The summed E-state index contributed by atoms with van der Waals surface area (Å²) in [5.74, 6) is -0.0886. The van der Waals surface area contributed by atoms with Crippen molar-refractivity contribution >= 4 is 23.4 Å². The van der Waals surface area contributed by atoms with Crippen molar-refractivity contribution < 1.29 is 19.1 Å². The average Bonchev–Trinajstić information content (AvgIpc) is 3.18. The van der Waals surface area contributed by atoms with Crippen LogP contribution in [0.3, 0.4) is 0 Å². The van der Waals surface area contributed by atoms with Crippen LogP contribution in [0.25, 0.3) is 0 Å². The summed E-state index contributed by atoms with van der Waals surface area (Å²) in [6.45, 7) is 5.91. The van der Waals surface area contributed by atoms with Gasteiger partial charge >= 0.3 is 5.97 Å². The van der Waals surface area contributed by atoms with Gasteiger partial charge in [-0.15, -0.1) is 0 Å². The molecule has 0 fully saturated rings. The molecule has 0 aliphatic heterocycles. The molecule has 8 heteroatoms. The van der Waals surface area contributed by atoms with E-state index < -0.39 is 5.97 Å². The van der Waals surface area contributed by atoms with Crippen LogP contribution in [0.4, 0.5) is 0 Å². The summed E-state index contributed by atoms with van der Waals surface area (Å²) in [6, 6.07) is 9.77. The number of Topliss-reactive ketones (excluding diaryl/α,β-unsaturated/α-hetero) is 1. The molecule has 0 aliphatic carbocycles. The molecule has 0 spiro atoms. The molecule has 2 heterocycles. The van der Waals surface area contributed by atoms with Gasteiger partial charge in [0.25, 0.3) is 0 Å². The number of aromatic nitrogens is 3. The summed E-state index contributed by atoms with van der Waals surface area (Å²) in [7, 11) is 3.28. The fourth-order valence-corrected chi connectivity index (χ4v) is 3.86. The molecule has 0 N–H and O–H groups in total. The minimum atomic E-state index is -0.655. The molecule has 0 atom stereocenters. The molecule has 164 valence electrons. The average molecular weight is 444 g/mol. The zero-order valence-electron chi connectivity index (χ0n) is 18.4. The fraction of sp³-hybridized carbons (Fsp3) is 0.348. The Labute approximate surface area is 186 Å². The number of nitrogens with zero attached hydrogens (tertiary/aromatic N) is 3. The van der Waals surface area contributed by atoms with Crippen LogP contribution in [0.15, 0.2) is 30.3 Å². The van der Waals surface area contributed by atoms with Gasteiger partial charge in [0.1, 0.15) is 16.5 Å². The van der Waals surface area contributed by atoms with Crippen LogP contribution in [0.5, 0.6) is 5.75 Å². The summed E-state index contributed by atoms with van der Waals surface area (Å²) in [5, 5.41) is 4.28. The summed E-state index contributed by atoms with van der Waals surface area (Å²) in [5.41, 5.74) is 4.20. The molecule has 0 saturated heterocycles. The third-order valence-corrected chi connectivity index (χ3v) is 5.78. The lowest BCUT2D eigenvalue weighted by atomic mass is 10.1. The Morgan fingerprint density at radius 2 is 1.81 bits per heavy atom. The van der Waals surface area contributed by atoms with Crippen molar-refractivity contribution in [2.24, 2.45) is 7.05 Å². The van der Waals surface area contributed by atoms with E-state index in [-0.39, 0.29) is 23.1 Å². The number of benzene rings is 1. The number of esters is 1. The SMILES string of the molecule is COc1ccc(CCn2c(C)cc(C(=O)COC(=O)c3c(C)nn(C)c3Cl)c2C)cc1. The Hall–Kier alpha value is -3.06. The largest absolute Gasteiger partial charge is 0.497 e. The molecule has 3 aromatic rings. The first-order chi connectivity index (χ1) is 14.7. The maximum absolute atomic E-state index is 12.7. The van der Waals surface area contributed by atoms with Gasteiger partial charge in [-0.2, -0.15) is 5.10 Å². The zero-order chi connectivity index (χ0) is 22.7. The number of halogens is 1. The number of ether oxygens (including phenoxy) is 2. The van der Waals surface area contributed by atoms with Crippen LogP contribution in [-0.4, -0.2) is 39.8 Å². The molecule has 1 aromatic carbocycles. The first-order valence-corrected chi connectivity index (χ1v) is 10.3. The van der Waals surface area contributed by atoms with Crippen LogP contribution in [0.2, 0.25) is 5.15 Å². The Bertz CT molecular complexity index is 1110. The lowest BCUT2D eigenvalue weighted by Crippen LogP contribution is -2.16. The molecule has 0 amide bonds. The van der Waals surface area contributed by atoms with Gasteiger partial charge in [-0.25, -0.2) is 4.79 Å². The molecule has 7 nitrogen and oxygen atoms in total. The lowest BCUT2D eigenvalue weighted by Gasteiger charge is -2.10. The van der Waals surface area contributed by atoms with Gasteiger partial charge in [0.05, 0.1) is 12.8 Å². The lowest BCUT2D eigenvalue weighted by molar-refractivity contribution is 0.0474. The van der Waals surface area contributed by atoms with Crippen molar-refractivity contribution in [3.63, 3.8) is 0 Å². The maximum Gasteiger partial charge on any atom is 0.343 e. The third kappa shape index (κ3) is 4.82. The first-order valence-electron chi connectivity index (χ1n) is 9.92. The predicted molar refractivity (Wildman–Crippen MR) is 118 cm³/mol. The van der Waals surface area contributed by atoms with Crippen LogP contribution < -0.4 is 4.74 Å². The minimum absolute atomic E-state index is 0.182. The molecule has 0 bridgehead atoms. The number of methoxy groups -OCH3 is 1. The monoisotopic (exact) mass is 443 g/mol. The van der Waals surface area contributed by atoms with Crippen molar-refractivity contribution in [2.75, 3.05) is 13.7 Å². The predicted octanol–water partition coefficient (Wildman–Crippen LogP) is 4.09. The quantitative estimate of drug-likeness (QED) is 0.387. The van der Waals surface area contributed by atoms with Gasteiger partial charge < -0.3 is 14.0 Å². The van der Waals surface area contributed by atoms with E-state index in [1.807, 2.05) is 44.2 Å². The second-order valence-corrected chi connectivity index (χ2v) is 7.77. The Morgan fingerprint density at radius 1 is 1.13 bits per heavy atom. The van der Waals surface area contributed by atoms with Gasteiger partial charge in [0, 0.05) is 30.5 Å². The molecular weight excluding hydrogens is 418 g/mol. The summed E-state index contributed by atoms with van der Waals surface area (Å²) < 4.78 is 13.9. The Morgan fingerprint density at radius 3 is 2.39 bits per heavy atom. The van der Waals surface area contributed by atoms with Crippen LogP contribution in [-0.2, 0) is 24.8 Å². The van der Waals surface area contributed by atoms with Crippen molar-refractivity contribution in [1.82, 2.24) is 14.3 Å². The first kappa shape index (κ1) is 22.6. The molecule has 3 rings (SSSR count). The van der Waals surface area contributed by atoms with Gasteiger partial charge in [0.2, 0.25) is 5.78 Å². The number of ketones is 1. The van der Waals surface area contributed by atoms with Gasteiger partial charge in [-0.3, -0.25) is 9.48 Å². The number of rotatable bonds is 8. The number of carbonyl (C=O) groups is 2. The fourth-order valence-electron chi connectivity index (χ4n) is 3.60. The normalized spacial score (nSPS) is 10.9. The van der Waals surface area contributed by atoms with E-state index >= 15 is 0 Å². The number of hydrogen-bond donors (Lipinski definition) is 0. The maximum atomic E-state index is 12.7. The highest BCUT2D eigenvalue weighted by molar-refractivity contribution is 6.32. The summed E-state index contributed by atoms with van der Waals surface area (Å²) in [6.07, 6.45) is 0.821. The topological polar surface area (TPSA) is 75.3 Å². The molecule has 0 unspecified atom stereocenters. The summed E-state index contributed by atoms with van der Waals surface area (Å²) >= 11 is 6.10.